The summed E-state index contributed by atoms with van der Waals surface area (Å²) in [7, 11) is 1.90. The first-order chi connectivity index (χ1) is 8.60. The number of nitrogens with zero attached hydrogens (tertiary/aromatic N) is 1. The summed E-state index contributed by atoms with van der Waals surface area (Å²) in [5, 5.41) is 0. The van der Waals surface area contributed by atoms with Gasteiger partial charge in [-0.1, -0.05) is 6.07 Å². The zero-order valence-electron chi connectivity index (χ0n) is 10.6. The van der Waals surface area contributed by atoms with Crippen LogP contribution in [0.15, 0.2) is 34.7 Å². The van der Waals surface area contributed by atoms with Crippen molar-refractivity contribution in [2.24, 2.45) is 5.73 Å². The van der Waals surface area contributed by atoms with Gasteiger partial charge in [0.05, 0.1) is 6.54 Å². The van der Waals surface area contributed by atoms with E-state index in [-0.39, 0.29) is 5.82 Å². The normalized spacial score (nSPS) is 10.7. The Balaban J connectivity index is 2.13. The van der Waals surface area contributed by atoms with E-state index in [4.69, 9.17) is 10.2 Å². The average molecular weight is 248 g/mol. The quantitative estimate of drug-likeness (QED) is 0.904. The van der Waals surface area contributed by atoms with Gasteiger partial charge in [-0.2, -0.15) is 0 Å². The predicted molar refractivity (Wildman–Crippen MR) is 69.8 cm³/mol. The molecule has 0 saturated heterocycles. The van der Waals surface area contributed by atoms with E-state index in [0.29, 0.717) is 13.1 Å². The minimum atomic E-state index is -0.238. The van der Waals surface area contributed by atoms with Crippen molar-refractivity contribution in [1.29, 1.82) is 0 Å². The van der Waals surface area contributed by atoms with Gasteiger partial charge in [-0.15, -0.1) is 0 Å². The van der Waals surface area contributed by atoms with E-state index in [1.54, 1.807) is 6.07 Å². The molecule has 2 aromatic rings. The molecule has 0 aliphatic carbocycles. The maximum absolute atomic E-state index is 13.1. The molecular formula is C14H17FN2O. The third-order valence-electron chi connectivity index (χ3n) is 2.93. The van der Waals surface area contributed by atoms with Gasteiger partial charge in [-0.3, -0.25) is 0 Å². The molecule has 0 spiro atoms. The fourth-order valence-electron chi connectivity index (χ4n) is 1.91. The molecule has 0 aliphatic heterocycles. The Morgan fingerprint density at radius 1 is 1.33 bits per heavy atom. The van der Waals surface area contributed by atoms with Crippen LogP contribution in [0, 0.1) is 12.7 Å². The van der Waals surface area contributed by atoms with Crippen LogP contribution >= 0.6 is 0 Å². The van der Waals surface area contributed by atoms with Gasteiger partial charge in [0.25, 0.3) is 0 Å². The maximum atomic E-state index is 13.1. The summed E-state index contributed by atoms with van der Waals surface area (Å²) in [6, 6.07) is 8.44. The van der Waals surface area contributed by atoms with Crippen LogP contribution in [-0.2, 0) is 13.1 Å². The summed E-state index contributed by atoms with van der Waals surface area (Å²) in [5.74, 6) is 1.44. The number of benzene rings is 1. The van der Waals surface area contributed by atoms with Crippen LogP contribution in [0.5, 0.6) is 0 Å². The van der Waals surface area contributed by atoms with E-state index in [1.807, 2.05) is 31.0 Å². The molecule has 18 heavy (non-hydrogen) atoms. The Morgan fingerprint density at radius 3 is 2.72 bits per heavy atom. The Bertz CT molecular complexity index is 536. The fourth-order valence-corrected chi connectivity index (χ4v) is 1.91. The lowest BCUT2D eigenvalue weighted by atomic mass is 10.2. The van der Waals surface area contributed by atoms with Crippen molar-refractivity contribution in [2.45, 2.75) is 20.0 Å². The summed E-state index contributed by atoms with van der Waals surface area (Å²) < 4.78 is 18.7. The molecule has 0 fully saturated rings. The average Bonchev–Trinajstić information content (AvgIpc) is 2.69. The largest absolute Gasteiger partial charge is 0.464 e. The molecule has 0 bridgehead atoms. The molecule has 96 valence electrons. The topological polar surface area (TPSA) is 42.4 Å². The van der Waals surface area contributed by atoms with Gasteiger partial charge in [-0.05, 0) is 31.2 Å². The van der Waals surface area contributed by atoms with Gasteiger partial charge in [0.2, 0.25) is 0 Å². The van der Waals surface area contributed by atoms with E-state index in [1.165, 1.54) is 12.1 Å². The van der Waals surface area contributed by atoms with Crippen LogP contribution in [0.25, 0.3) is 0 Å². The zero-order valence-corrected chi connectivity index (χ0v) is 10.6. The van der Waals surface area contributed by atoms with Gasteiger partial charge in [-0.25, -0.2) is 4.39 Å². The van der Waals surface area contributed by atoms with Crippen LogP contribution in [0.2, 0.25) is 0 Å². The number of halogens is 1. The summed E-state index contributed by atoms with van der Waals surface area (Å²) in [4.78, 5) is 1.93. The van der Waals surface area contributed by atoms with Crippen molar-refractivity contribution >= 4 is 5.69 Å². The highest BCUT2D eigenvalue weighted by molar-refractivity contribution is 5.45. The van der Waals surface area contributed by atoms with Crippen molar-refractivity contribution in [3.05, 3.63) is 53.2 Å². The third-order valence-corrected chi connectivity index (χ3v) is 2.93. The lowest BCUT2D eigenvalue weighted by molar-refractivity contribution is 0.479. The van der Waals surface area contributed by atoms with E-state index >= 15 is 0 Å². The van der Waals surface area contributed by atoms with Crippen molar-refractivity contribution < 1.29 is 8.81 Å². The number of anilines is 1. The Labute approximate surface area is 106 Å². The first-order valence-corrected chi connectivity index (χ1v) is 5.85. The smallest absolute Gasteiger partial charge is 0.125 e. The van der Waals surface area contributed by atoms with E-state index in [0.717, 1.165) is 22.8 Å². The number of hydrogen-bond donors (Lipinski definition) is 1. The minimum Gasteiger partial charge on any atom is -0.464 e. The van der Waals surface area contributed by atoms with Crippen LogP contribution in [-0.4, -0.2) is 7.05 Å². The minimum absolute atomic E-state index is 0.238. The lowest BCUT2D eigenvalue weighted by Crippen LogP contribution is -2.15. The summed E-state index contributed by atoms with van der Waals surface area (Å²) >= 11 is 0. The third kappa shape index (κ3) is 2.71. The molecule has 1 heterocycles. The maximum Gasteiger partial charge on any atom is 0.125 e. The second-order valence-electron chi connectivity index (χ2n) is 4.33. The van der Waals surface area contributed by atoms with Crippen molar-refractivity contribution in [3.63, 3.8) is 0 Å². The van der Waals surface area contributed by atoms with E-state index in [9.17, 15) is 4.39 Å². The fraction of sp³-hybridized carbons (Fsp3) is 0.286. The number of rotatable bonds is 4. The highest BCUT2D eigenvalue weighted by Crippen LogP contribution is 2.19. The summed E-state index contributed by atoms with van der Waals surface area (Å²) in [6.45, 7) is 2.96. The summed E-state index contributed by atoms with van der Waals surface area (Å²) in [5.41, 5.74) is 7.43. The first kappa shape index (κ1) is 12.6. The monoisotopic (exact) mass is 248 g/mol. The molecule has 1 aromatic carbocycles. The Morgan fingerprint density at radius 2 is 2.11 bits per heavy atom. The van der Waals surface area contributed by atoms with Crippen molar-refractivity contribution in [1.82, 2.24) is 0 Å². The van der Waals surface area contributed by atoms with Crippen LogP contribution < -0.4 is 10.6 Å². The molecule has 0 unspecified atom stereocenters. The summed E-state index contributed by atoms with van der Waals surface area (Å²) in [6.07, 6.45) is 0. The first-order valence-electron chi connectivity index (χ1n) is 5.85. The molecule has 0 saturated carbocycles. The van der Waals surface area contributed by atoms with Gasteiger partial charge in [0.1, 0.15) is 17.3 Å². The zero-order chi connectivity index (χ0) is 13.1. The highest BCUT2D eigenvalue weighted by Gasteiger charge is 2.09. The molecule has 2 rings (SSSR count). The SMILES string of the molecule is Cc1oc(CN(C)c2cccc(F)c2)cc1CN. The van der Waals surface area contributed by atoms with Gasteiger partial charge < -0.3 is 15.1 Å². The Hall–Kier alpha value is -1.81. The number of furan rings is 1. The number of aryl methyl sites for hydroxylation is 1. The second kappa shape index (κ2) is 5.23. The van der Waals surface area contributed by atoms with Gasteiger partial charge in [0, 0.05) is 24.8 Å². The van der Waals surface area contributed by atoms with Crippen LogP contribution in [0.4, 0.5) is 10.1 Å². The Kier molecular flexibility index (Phi) is 3.67. The molecule has 0 aliphatic rings. The number of nitrogens with two attached hydrogens (primary N) is 1. The molecule has 4 heteroatoms. The molecule has 3 nitrogen and oxygen atoms in total. The van der Waals surface area contributed by atoms with E-state index in [2.05, 4.69) is 0 Å². The van der Waals surface area contributed by atoms with Gasteiger partial charge in [0.15, 0.2) is 0 Å². The predicted octanol–water partition coefficient (Wildman–Crippen LogP) is 2.82. The number of hydrogen-bond acceptors (Lipinski definition) is 3. The highest BCUT2D eigenvalue weighted by atomic mass is 19.1. The van der Waals surface area contributed by atoms with E-state index < -0.39 is 0 Å². The lowest BCUT2D eigenvalue weighted by Gasteiger charge is -2.17. The van der Waals surface area contributed by atoms with Crippen LogP contribution in [0.3, 0.4) is 0 Å². The second-order valence-corrected chi connectivity index (χ2v) is 4.33. The van der Waals surface area contributed by atoms with Crippen molar-refractivity contribution in [3.8, 4) is 0 Å². The van der Waals surface area contributed by atoms with Gasteiger partial charge >= 0.3 is 0 Å². The van der Waals surface area contributed by atoms with Crippen molar-refractivity contribution in [2.75, 3.05) is 11.9 Å². The molecule has 0 amide bonds. The molecule has 0 radical (unpaired) electrons. The molecule has 1 aromatic heterocycles. The molecular weight excluding hydrogens is 231 g/mol. The standard InChI is InChI=1S/C14H17FN2O/c1-10-11(8-16)6-14(18-10)9-17(2)13-5-3-4-12(15)7-13/h3-7H,8-9,16H2,1-2H3. The molecule has 2 N–H and O–H groups in total. The molecule has 0 atom stereocenters. The van der Waals surface area contributed by atoms with Crippen LogP contribution in [0.1, 0.15) is 17.1 Å².